The van der Waals surface area contributed by atoms with Gasteiger partial charge in [0.1, 0.15) is 5.82 Å². The first-order chi connectivity index (χ1) is 10.0. The lowest BCUT2D eigenvalue weighted by Crippen LogP contribution is -2.39. The summed E-state index contributed by atoms with van der Waals surface area (Å²) in [5.74, 6) is -0.354. The van der Waals surface area contributed by atoms with E-state index in [-0.39, 0.29) is 11.4 Å². The first-order valence-corrected chi connectivity index (χ1v) is 9.78. The summed E-state index contributed by atoms with van der Waals surface area (Å²) in [5, 5.41) is 0.796. The predicted octanol–water partition coefficient (Wildman–Crippen LogP) is 4.05. The Labute approximate surface area is 119 Å². The number of pyridine rings is 1. The Kier molecular flexibility index (Phi) is 2.66. The van der Waals surface area contributed by atoms with Gasteiger partial charge in [0.2, 0.25) is 0 Å². The van der Waals surface area contributed by atoms with E-state index in [9.17, 15) is 4.39 Å². The van der Waals surface area contributed by atoms with Crippen LogP contribution in [0.4, 0.5) is 4.39 Å². The number of aromatic nitrogens is 1. The minimum atomic E-state index is -2.23. The summed E-state index contributed by atoms with van der Waals surface area (Å²) < 4.78 is 37.6. The molecule has 0 radical (unpaired) electrons. The molecule has 1 aromatic carbocycles. The van der Waals surface area contributed by atoms with Crippen molar-refractivity contribution in [2.24, 2.45) is 0 Å². The number of benzene rings is 1. The molecular formula is C16H20FNSi. The van der Waals surface area contributed by atoms with Crippen LogP contribution in [0.25, 0.3) is 11.3 Å². The van der Waals surface area contributed by atoms with Gasteiger partial charge in [-0.25, -0.2) is 4.39 Å². The van der Waals surface area contributed by atoms with Gasteiger partial charge in [-0.2, -0.15) is 0 Å². The van der Waals surface area contributed by atoms with Crippen molar-refractivity contribution in [3.8, 4) is 11.3 Å². The molecule has 0 N–H and O–H groups in total. The summed E-state index contributed by atoms with van der Waals surface area (Å²) in [7, 11) is -1.85. The number of hydrogen-bond acceptors (Lipinski definition) is 1. The molecule has 2 rings (SSSR count). The third-order valence-electron chi connectivity index (χ3n) is 3.18. The van der Waals surface area contributed by atoms with Crippen LogP contribution in [0.3, 0.4) is 0 Å². The highest BCUT2D eigenvalue weighted by atomic mass is 28.3. The van der Waals surface area contributed by atoms with Crippen LogP contribution in [0, 0.1) is 19.6 Å². The van der Waals surface area contributed by atoms with Crippen molar-refractivity contribution in [1.29, 1.82) is 0 Å². The molecule has 0 spiro atoms. The monoisotopic (exact) mass is 276 g/mol. The van der Waals surface area contributed by atoms with Gasteiger partial charge in [-0.3, -0.25) is 4.98 Å². The van der Waals surface area contributed by atoms with E-state index in [1.54, 1.807) is 31.3 Å². The average Bonchev–Trinajstić information content (AvgIpc) is 2.39. The maximum atomic E-state index is 14.3. The second-order valence-corrected chi connectivity index (χ2v) is 10.8. The molecule has 0 aliphatic rings. The van der Waals surface area contributed by atoms with Crippen molar-refractivity contribution in [2.45, 2.75) is 33.4 Å². The van der Waals surface area contributed by atoms with E-state index in [1.807, 2.05) is 0 Å². The van der Waals surface area contributed by atoms with E-state index in [1.165, 1.54) is 6.07 Å². The van der Waals surface area contributed by atoms with Crippen molar-refractivity contribution < 1.29 is 8.50 Å². The third-order valence-corrected chi connectivity index (χ3v) is 5.19. The summed E-state index contributed by atoms with van der Waals surface area (Å²) in [6.07, 6.45) is 1.62. The van der Waals surface area contributed by atoms with E-state index in [0.29, 0.717) is 16.8 Å². The molecular weight excluding hydrogens is 253 g/mol. The molecule has 1 heterocycles. The molecule has 0 atom stereocenters. The van der Waals surface area contributed by atoms with Gasteiger partial charge in [0.05, 0.1) is 13.8 Å². The van der Waals surface area contributed by atoms with Crippen molar-refractivity contribution in [3.63, 3.8) is 0 Å². The van der Waals surface area contributed by atoms with Gasteiger partial charge >= 0.3 is 0 Å². The summed E-state index contributed by atoms with van der Waals surface area (Å²) >= 11 is 0. The van der Waals surface area contributed by atoms with E-state index in [4.69, 9.17) is 4.11 Å². The molecule has 3 heteroatoms. The van der Waals surface area contributed by atoms with Crippen LogP contribution >= 0.6 is 0 Å². The Morgan fingerprint density at radius 3 is 2.58 bits per heavy atom. The summed E-state index contributed by atoms with van der Waals surface area (Å²) in [5.41, 5.74) is 1.52. The van der Waals surface area contributed by atoms with Gasteiger partial charge in [0.25, 0.3) is 0 Å². The normalized spacial score (nSPS) is 14.7. The number of nitrogens with zero attached hydrogens (tertiary/aromatic N) is 1. The Bertz CT molecular complexity index is 706. The van der Waals surface area contributed by atoms with E-state index >= 15 is 0 Å². The molecule has 0 saturated heterocycles. The van der Waals surface area contributed by atoms with Gasteiger partial charge in [-0.1, -0.05) is 31.8 Å². The van der Waals surface area contributed by atoms with Crippen molar-refractivity contribution >= 4 is 13.3 Å². The molecule has 0 bridgehead atoms. The van der Waals surface area contributed by atoms with Crippen LogP contribution in [0.15, 0.2) is 30.5 Å². The lowest BCUT2D eigenvalue weighted by atomic mass is 10.1. The van der Waals surface area contributed by atoms with Gasteiger partial charge < -0.3 is 0 Å². The minimum Gasteiger partial charge on any atom is -0.256 e. The Morgan fingerprint density at radius 2 is 1.95 bits per heavy atom. The van der Waals surface area contributed by atoms with Crippen molar-refractivity contribution in [2.75, 3.05) is 0 Å². The molecule has 0 unspecified atom stereocenters. The van der Waals surface area contributed by atoms with Gasteiger partial charge in [-0.15, -0.1) is 0 Å². The first-order valence-electron chi connectivity index (χ1n) is 7.78. The van der Waals surface area contributed by atoms with E-state index in [0.717, 1.165) is 5.19 Å². The van der Waals surface area contributed by atoms with Crippen LogP contribution in [0.2, 0.25) is 19.6 Å². The molecule has 2 aromatic rings. The summed E-state index contributed by atoms with van der Waals surface area (Å²) in [4.78, 5) is 4.34. The average molecular weight is 276 g/mol. The lowest BCUT2D eigenvalue weighted by Gasteiger charge is -2.19. The van der Waals surface area contributed by atoms with Gasteiger partial charge in [-0.05, 0) is 42.2 Å². The second kappa shape index (κ2) is 4.89. The Hall–Kier alpha value is -1.48. The zero-order valence-electron chi connectivity index (χ0n) is 14.7. The molecule has 0 aliphatic heterocycles. The molecule has 100 valence electrons. The number of rotatable bonds is 2. The highest BCUT2D eigenvalue weighted by Crippen LogP contribution is 2.23. The number of halogens is 1. The third kappa shape index (κ3) is 2.76. The minimum absolute atomic E-state index is 0.289. The van der Waals surface area contributed by atoms with Crippen LogP contribution < -0.4 is 5.19 Å². The molecule has 0 amide bonds. The predicted molar refractivity (Wildman–Crippen MR) is 82.1 cm³/mol. The van der Waals surface area contributed by atoms with Crippen LogP contribution in [-0.4, -0.2) is 13.1 Å². The van der Waals surface area contributed by atoms with Crippen LogP contribution in [-0.2, 0) is 0 Å². The lowest BCUT2D eigenvalue weighted by molar-refractivity contribution is 0.621. The zero-order valence-corrected chi connectivity index (χ0v) is 12.7. The van der Waals surface area contributed by atoms with Gasteiger partial charge in [0, 0.05) is 15.9 Å². The molecule has 0 saturated carbocycles. The fourth-order valence-electron chi connectivity index (χ4n) is 2.05. The van der Waals surface area contributed by atoms with Crippen molar-refractivity contribution in [1.82, 2.24) is 4.98 Å². The second-order valence-electron chi connectivity index (χ2n) is 5.80. The quantitative estimate of drug-likeness (QED) is 0.754. The fourth-order valence-corrected chi connectivity index (χ4v) is 3.38. The maximum Gasteiger partial charge on any atom is 0.135 e. The maximum absolute atomic E-state index is 14.3. The van der Waals surface area contributed by atoms with Crippen LogP contribution in [0.1, 0.15) is 15.2 Å². The number of hydrogen-bond donors (Lipinski definition) is 0. The Balaban J connectivity index is 2.69. The highest BCUT2D eigenvalue weighted by Gasteiger charge is 2.20. The highest BCUT2D eigenvalue weighted by molar-refractivity contribution is 6.89. The molecule has 0 fully saturated rings. The molecule has 1 nitrogen and oxygen atoms in total. The first kappa shape index (κ1) is 10.3. The largest absolute Gasteiger partial charge is 0.256 e. The standard InChI is InChI=1S/C16H20FNSi/c1-11-7-6-8-13(16(11)17)14-9-12(2)15(10-18-14)19(3,4)5/h6-10H,1-5H3/i2D3. The smallest absolute Gasteiger partial charge is 0.135 e. The van der Waals surface area contributed by atoms with E-state index < -0.39 is 14.9 Å². The zero-order chi connectivity index (χ0) is 16.7. The van der Waals surface area contributed by atoms with Gasteiger partial charge in [0.15, 0.2) is 0 Å². The molecule has 0 aliphatic carbocycles. The van der Waals surface area contributed by atoms with Crippen molar-refractivity contribution in [3.05, 3.63) is 47.4 Å². The van der Waals surface area contributed by atoms with E-state index in [2.05, 4.69) is 24.6 Å². The summed E-state index contributed by atoms with van der Waals surface area (Å²) in [6.45, 7) is 5.68. The molecule has 1 aromatic heterocycles. The van der Waals surface area contributed by atoms with Crippen LogP contribution in [0.5, 0.6) is 0 Å². The summed E-state index contributed by atoms with van der Waals surface area (Å²) in [6, 6.07) is 6.58. The SMILES string of the molecule is [2H]C([2H])([2H])c1cc(-c2cccc(C)c2F)ncc1[Si](C)(C)C. The Morgan fingerprint density at radius 1 is 1.21 bits per heavy atom. The fraction of sp³-hybridized carbons (Fsp3) is 0.312. The topological polar surface area (TPSA) is 12.9 Å². The number of aryl methyl sites for hydroxylation is 2. The molecule has 19 heavy (non-hydrogen) atoms.